The van der Waals surface area contributed by atoms with Gasteiger partial charge in [0, 0.05) is 44.8 Å². The molecule has 0 aromatic carbocycles. The largest absolute Gasteiger partial charge is 0.351 e. The molecule has 2 rings (SSSR count). The van der Waals surface area contributed by atoms with Gasteiger partial charge >= 0.3 is 0 Å². The lowest BCUT2D eigenvalue weighted by atomic mass is 10.3. The fourth-order valence-electron chi connectivity index (χ4n) is 2.05. The summed E-state index contributed by atoms with van der Waals surface area (Å²) in [6, 6.07) is 0. The van der Waals surface area contributed by atoms with Crippen LogP contribution in [-0.2, 0) is 26.6 Å². The van der Waals surface area contributed by atoms with E-state index in [1.54, 1.807) is 23.1 Å². The van der Waals surface area contributed by atoms with Gasteiger partial charge in [0.2, 0.25) is 0 Å². The minimum atomic E-state index is 0.695. The molecular formula is C14H22N6S. The average molecular weight is 306 g/mol. The first-order valence-corrected chi connectivity index (χ1v) is 7.83. The summed E-state index contributed by atoms with van der Waals surface area (Å²) in [5, 5.41) is 10.8. The molecule has 21 heavy (non-hydrogen) atoms. The summed E-state index contributed by atoms with van der Waals surface area (Å²) in [4.78, 5) is 10.9. The van der Waals surface area contributed by atoms with Crippen molar-refractivity contribution in [3.8, 4) is 0 Å². The van der Waals surface area contributed by atoms with Crippen LogP contribution in [0.1, 0.15) is 23.2 Å². The smallest absolute Gasteiger partial charge is 0.194 e. The number of nitrogens with one attached hydrogen (secondary N) is 1. The molecule has 0 aliphatic carbocycles. The minimum Gasteiger partial charge on any atom is -0.351 e. The summed E-state index contributed by atoms with van der Waals surface area (Å²) >= 11 is 1.71. The SMILES string of the molecule is CCc1nc(CNC(=NC)N(C)Cc2cnn(C)c2)cs1. The van der Waals surface area contributed by atoms with Crippen molar-refractivity contribution in [1.82, 2.24) is 25.0 Å². The molecule has 2 aromatic heterocycles. The topological polar surface area (TPSA) is 58.3 Å². The van der Waals surface area contributed by atoms with Crippen molar-refractivity contribution in [2.45, 2.75) is 26.4 Å². The van der Waals surface area contributed by atoms with Crippen LogP contribution in [0.5, 0.6) is 0 Å². The standard InChI is InChI=1S/C14H22N6S/c1-5-13-18-12(10-21-13)7-16-14(15-2)19(3)8-11-6-17-20(4)9-11/h6,9-10H,5,7-8H2,1-4H3,(H,15,16). The van der Waals surface area contributed by atoms with E-state index in [-0.39, 0.29) is 0 Å². The van der Waals surface area contributed by atoms with Crippen LogP contribution >= 0.6 is 11.3 Å². The molecule has 0 unspecified atom stereocenters. The number of aromatic nitrogens is 3. The summed E-state index contributed by atoms with van der Waals surface area (Å²) < 4.78 is 1.81. The zero-order valence-electron chi connectivity index (χ0n) is 13.0. The molecule has 0 atom stereocenters. The van der Waals surface area contributed by atoms with Crippen LogP contribution in [0, 0.1) is 0 Å². The lowest BCUT2D eigenvalue weighted by Gasteiger charge is -2.21. The predicted octanol–water partition coefficient (Wildman–Crippen LogP) is 1.65. The van der Waals surface area contributed by atoms with Gasteiger partial charge in [-0.15, -0.1) is 11.3 Å². The Morgan fingerprint density at radius 2 is 2.33 bits per heavy atom. The molecule has 0 amide bonds. The summed E-state index contributed by atoms with van der Waals surface area (Å²) in [6.45, 7) is 3.59. The zero-order valence-corrected chi connectivity index (χ0v) is 13.8. The van der Waals surface area contributed by atoms with Gasteiger partial charge in [0.1, 0.15) is 0 Å². The number of thiazole rings is 1. The van der Waals surface area contributed by atoms with Crippen LogP contribution in [0.4, 0.5) is 0 Å². The lowest BCUT2D eigenvalue weighted by Crippen LogP contribution is -2.38. The molecule has 2 aromatic rings. The Bertz CT molecular complexity index is 600. The normalized spacial score (nSPS) is 11.7. The van der Waals surface area contributed by atoms with E-state index in [2.05, 4.69) is 37.6 Å². The van der Waals surface area contributed by atoms with E-state index >= 15 is 0 Å². The monoisotopic (exact) mass is 306 g/mol. The number of rotatable bonds is 5. The molecule has 0 radical (unpaired) electrons. The maximum atomic E-state index is 4.55. The molecule has 7 heteroatoms. The molecule has 114 valence electrons. The van der Waals surface area contributed by atoms with Gasteiger partial charge in [0.05, 0.1) is 23.4 Å². The number of aliphatic imine (C=N–C) groups is 1. The number of hydrogen-bond acceptors (Lipinski definition) is 4. The number of nitrogens with zero attached hydrogens (tertiary/aromatic N) is 5. The van der Waals surface area contributed by atoms with Crippen molar-refractivity contribution in [2.24, 2.45) is 12.0 Å². The van der Waals surface area contributed by atoms with E-state index in [0.717, 1.165) is 30.2 Å². The first-order valence-electron chi connectivity index (χ1n) is 6.95. The molecular weight excluding hydrogens is 284 g/mol. The third-order valence-corrected chi connectivity index (χ3v) is 4.12. The third kappa shape index (κ3) is 4.29. The van der Waals surface area contributed by atoms with Crippen LogP contribution in [-0.4, -0.2) is 39.7 Å². The fourth-order valence-corrected chi connectivity index (χ4v) is 2.79. The van der Waals surface area contributed by atoms with Gasteiger partial charge in [-0.05, 0) is 6.42 Å². The van der Waals surface area contributed by atoms with E-state index in [1.807, 2.05) is 26.5 Å². The summed E-state index contributed by atoms with van der Waals surface area (Å²) in [5.41, 5.74) is 2.22. The van der Waals surface area contributed by atoms with E-state index in [9.17, 15) is 0 Å². The van der Waals surface area contributed by atoms with Gasteiger partial charge in [-0.2, -0.15) is 5.10 Å². The highest BCUT2D eigenvalue weighted by atomic mass is 32.1. The van der Waals surface area contributed by atoms with Crippen LogP contribution < -0.4 is 5.32 Å². The predicted molar refractivity (Wildman–Crippen MR) is 86.4 cm³/mol. The Kier molecular flexibility index (Phi) is 5.32. The van der Waals surface area contributed by atoms with Gasteiger partial charge < -0.3 is 10.2 Å². The fraction of sp³-hybridized carbons (Fsp3) is 0.500. The number of hydrogen-bond donors (Lipinski definition) is 1. The van der Waals surface area contributed by atoms with Crippen molar-refractivity contribution < 1.29 is 0 Å². The first-order chi connectivity index (χ1) is 10.1. The first kappa shape index (κ1) is 15.5. The van der Waals surface area contributed by atoms with Crippen LogP contribution in [0.3, 0.4) is 0 Å². The van der Waals surface area contributed by atoms with Crippen molar-refractivity contribution in [3.05, 3.63) is 34.0 Å². The van der Waals surface area contributed by atoms with Crippen molar-refractivity contribution >= 4 is 17.3 Å². The molecule has 0 aliphatic rings. The summed E-state index contributed by atoms with van der Waals surface area (Å²) in [5.74, 6) is 0.852. The number of guanidine groups is 1. The Balaban J connectivity index is 1.90. The highest BCUT2D eigenvalue weighted by molar-refractivity contribution is 7.09. The van der Waals surface area contributed by atoms with Crippen molar-refractivity contribution in [3.63, 3.8) is 0 Å². The molecule has 0 spiro atoms. The second-order valence-electron chi connectivity index (χ2n) is 4.87. The highest BCUT2D eigenvalue weighted by Gasteiger charge is 2.08. The second-order valence-corrected chi connectivity index (χ2v) is 5.81. The molecule has 1 N–H and O–H groups in total. The van der Waals surface area contributed by atoms with E-state index in [1.165, 1.54) is 5.01 Å². The van der Waals surface area contributed by atoms with Crippen LogP contribution in [0.25, 0.3) is 0 Å². The van der Waals surface area contributed by atoms with Crippen LogP contribution in [0.2, 0.25) is 0 Å². The summed E-state index contributed by atoms with van der Waals surface area (Å²) in [6.07, 6.45) is 4.87. The highest BCUT2D eigenvalue weighted by Crippen LogP contribution is 2.10. The van der Waals surface area contributed by atoms with E-state index in [4.69, 9.17) is 0 Å². The zero-order chi connectivity index (χ0) is 15.2. The van der Waals surface area contributed by atoms with E-state index < -0.39 is 0 Å². The van der Waals surface area contributed by atoms with Gasteiger partial charge in [-0.25, -0.2) is 4.98 Å². The van der Waals surface area contributed by atoms with Gasteiger partial charge in [0.25, 0.3) is 0 Å². The lowest BCUT2D eigenvalue weighted by molar-refractivity contribution is 0.476. The minimum absolute atomic E-state index is 0.695. The summed E-state index contributed by atoms with van der Waals surface area (Å²) in [7, 11) is 5.73. The van der Waals surface area contributed by atoms with Crippen molar-refractivity contribution in [2.75, 3.05) is 14.1 Å². The Morgan fingerprint density at radius 3 is 2.90 bits per heavy atom. The van der Waals surface area contributed by atoms with Crippen molar-refractivity contribution in [1.29, 1.82) is 0 Å². The maximum absolute atomic E-state index is 4.55. The molecule has 0 saturated carbocycles. The Morgan fingerprint density at radius 1 is 1.52 bits per heavy atom. The molecule has 2 heterocycles. The van der Waals surface area contributed by atoms with E-state index in [0.29, 0.717) is 6.54 Å². The molecule has 0 bridgehead atoms. The van der Waals surface area contributed by atoms with Crippen LogP contribution in [0.15, 0.2) is 22.8 Å². The second kappa shape index (κ2) is 7.21. The number of aryl methyl sites for hydroxylation is 2. The Labute approximate surface area is 129 Å². The quantitative estimate of drug-likeness (QED) is 0.674. The van der Waals surface area contributed by atoms with Gasteiger partial charge in [0.15, 0.2) is 5.96 Å². The molecule has 0 saturated heterocycles. The average Bonchev–Trinajstić information content (AvgIpc) is 3.08. The molecule has 6 nitrogen and oxygen atoms in total. The third-order valence-electron chi connectivity index (χ3n) is 3.08. The Hall–Kier alpha value is -1.89. The molecule has 0 aliphatic heterocycles. The molecule has 0 fully saturated rings. The van der Waals surface area contributed by atoms with Gasteiger partial charge in [-0.3, -0.25) is 9.67 Å². The van der Waals surface area contributed by atoms with Gasteiger partial charge in [-0.1, -0.05) is 6.92 Å². The maximum Gasteiger partial charge on any atom is 0.194 e.